The molecular formula is C17H31ClN2O2. The molecule has 3 aliphatic rings. The molecule has 22 heavy (non-hydrogen) atoms. The number of ether oxygens (including phenoxy) is 1. The van der Waals surface area contributed by atoms with Gasteiger partial charge in [0.15, 0.2) is 0 Å². The Hall–Kier alpha value is -0.320. The van der Waals surface area contributed by atoms with Crippen LogP contribution in [0.4, 0.5) is 0 Å². The molecule has 2 N–H and O–H groups in total. The van der Waals surface area contributed by atoms with E-state index in [0.717, 1.165) is 45.4 Å². The molecule has 128 valence electrons. The Labute approximate surface area is 140 Å². The second-order valence-electron chi connectivity index (χ2n) is 8.66. The lowest BCUT2D eigenvalue weighted by Gasteiger charge is -2.39. The van der Waals surface area contributed by atoms with Gasteiger partial charge in [-0.3, -0.25) is 4.79 Å². The quantitative estimate of drug-likeness (QED) is 0.846. The number of nitrogens with two attached hydrogens (primary N) is 1. The van der Waals surface area contributed by atoms with Crippen molar-refractivity contribution in [2.24, 2.45) is 22.5 Å². The van der Waals surface area contributed by atoms with Gasteiger partial charge in [0.2, 0.25) is 5.91 Å². The van der Waals surface area contributed by atoms with Crippen LogP contribution in [-0.4, -0.2) is 42.6 Å². The van der Waals surface area contributed by atoms with Gasteiger partial charge >= 0.3 is 0 Å². The van der Waals surface area contributed by atoms with Crippen molar-refractivity contribution in [1.29, 1.82) is 0 Å². The zero-order chi connectivity index (χ0) is 15.3. The van der Waals surface area contributed by atoms with Crippen molar-refractivity contribution in [1.82, 2.24) is 4.90 Å². The van der Waals surface area contributed by atoms with Crippen molar-refractivity contribution >= 4 is 18.3 Å². The SMILES string of the molecule is CC1(C)CC2CC(C)(CN2C(=O)C(N)C2CCOCC2)C1.Cl. The van der Waals surface area contributed by atoms with E-state index in [1.807, 2.05) is 0 Å². The smallest absolute Gasteiger partial charge is 0.240 e. The van der Waals surface area contributed by atoms with E-state index >= 15 is 0 Å². The average Bonchev–Trinajstić information content (AvgIpc) is 2.67. The predicted molar refractivity (Wildman–Crippen MR) is 90.0 cm³/mol. The van der Waals surface area contributed by atoms with Crippen LogP contribution < -0.4 is 5.73 Å². The van der Waals surface area contributed by atoms with Crippen molar-refractivity contribution in [3.63, 3.8) is 0 Å². The van der Waals surface area contributed by atoms with Crippen molar-refractivity contribution in [3.05, 3.63) is 0 Å². The van der Waals surface area contributed by atoms with Crippen LogP contribution >= 0.6 is 12.4 Å². The molecule has 0 aromatic carbocycles. The lowest BCUT2D eigenvalue weighted by Crippen LogP contribution is -2.50. The zero-order valence-corrected chi connectivity index (χ0v) is 15.0. The molecule has 5 heteroatoms. The number of hydrogen-bond donors (Lipinski definition) is 1. The minimum atomic E-state index is -0.333. The number of nitrogens with zero attached hydrogens (tertiary/aromatic N) is 1. The monoisotopic (exact) mass is 330 g/mol. The molecule has 1 aliphatic carbocycles. The summed E-state index contributed by atoms with van der Waals surface area (Å²) in [5.74, 6) is 0.487. The van der Waals surface area contributed by atoms with E-state index in [-0.39, 0.29) is 29.8 Å². The summed E-state index contributed by atoms with van der Waals surface area (Å²) < 4.78 is 5.39. The number of carbonyl (C=O) groups excluding carboxylic acids is 1. The van der Waals surface area contributed by atoms with E-state index in [2.05, 4.69) is 25.7 Å². The minimum absolute atomic E-state index is 0. The van der Waals surface area contributed by atoms with E-state index in [1.54, 1.807) is 0 Å². The molecule has 0 radical (unpaired) electrons. The highest BCUT2D eigenvalue weighted by atomic mass is 35.5. The van der Waals surface area contributed by atoms with Crippen LogP contribution in [0.25, 0.3) is 0 Å². The second kappa shape index (κ2) is 6.29. The molecule has 3 rings (SSSR count). The largest absolute Gasteiger partial charge is 0.381 e. The summed E-state index contributed by atoms with van der Waals surface area (Å²) in [6.07, 6.45) is 5.34. The van der Waals surface area contributed by atoms with Gasteiger partial charge in [0.25, 0.3) is 0 Å². The van der Waals surface area contributed by atoms with Crippen LogP contribution in [0.15, 0.2) is 0 Å². The van der Waals surface area contributed by atoms with Gasteiger partial charge in [-0.05, 0) is 48.9 Å². The highest BCUT2D eigenvalue weighted by molar-refractivity contribution is 5.85. The number of amides is 1. The van der Waals surface area contributed by atoms with Gasteiger partial charge < -0.3 is 15.4 Å². The van der Waals surface area contributed by atoms with Crippen molar-refractivity contribution in [2.45, 2.75) is 65.0 Å². The molecule has 2 bridgehead atoms. The molecule has 1 amide bonds. The Morgan fingerprint density at radius 1 is 1.23 bits per heavy atom. The lowest BCUT2D eigenvalue weighted by atomic mass is 9.65. The fourth-order valence-corrected chi connectivity index (χ4v) is 5.19. The summed E-state index contributed by atoms with van der Waals surface area (Å²) in [6, 6.07) is 0.0668. The van der Waals surface area contributed by atoms with E-state index in [0.29, 0.717) is 17.4 Å². The summed E-state index contributed by atoms with van der Waals surface area (Å²) in [5, 5.41) is 0. The topological polar surface area (TPSA) is 55.6 Å². The Morgan fingerprint density at radius 3 is 2.50 bits per heavy atom. The summed E-state index contributed by atoms with van der Waals surface area (Å²) in [6.45, 7) is 9.41. The van der Waals surface area contributed by atoms with Gasteiger partial charge in [-0.25, -0.2) is 0 Å². The highest BCUT2D eigenvalue weighted by Crippen LogP contribution is 2.52. The Bertz CT molecular complexity index is 423. The molecule has 2 aliphatic heterocycles. The number of likely N-dealkylation sites (tertiary alicyclic amines) is 1. The van der Waals surface area contributed by atoms with Crippen LogP contribution in [0, 0.1) is 16.7 Å². The van der Waals surface area contributed by atoms with Crippen molar-refractivity contribution in [2.75, 3.05) is 19.8 Å². The third-order valence-electron chi connectivity index (χ3n) is 5.76. The maximum absolute atomic E-state index is 12.9. The molecule has 0 aromatic heterocycles. The summed E-state index contributed by atoms with van der Waals surface area (Å²) in [4.78, 5) is 15.0. The molecule has 0 aromatic rings. The van der Waals surface area contributed by atoms with E-state index in [9.17, 15) is 4.79 Å². The number of carbonyl (C=O) groups is 1. The second-order valence-corrected chi connectivity index (χ2v) is 8.66. The number of halogens is 1. The third-order valence-corrected chi connectivity index (χ3v) is 5.76. The van der Waals surface area contributed by atoms with E-state index in [4.69, 9.17) is 10.5 Å². The van der Waals surface area contributed by atoms with E-state index < -0.39 is 0 Å². The molecule has 3 atom stereocenters. The van der Waals surface area contributed by atoms with Crippen LogP contribution in [0.1, 0.15) is 52.9 Å². The summed E-state index contributed by atoms with van der Waals surface area (Å²) >= 11 is 0. The maximum Gasteiger partial charge on any atom is 0.240 e. The fourth-order valence-electron chi connectivity index (χ4n) is 5.19. The molecule has 2 saturated heterocycles. The van der Waals surface area contributed by atoms with Gasteiger partial charge in [0, 0.05) is 25.8 Å². The molecule has 4 nitrogen and oxygen atoms in total. The van der Waals surface area contributed by atoms with Gasteiger partial charge in [-0.2, -0.15) is 0 Å². The van der Waals surface area contributed by atoms with Gasteiger partial charge in [-0.1, -0.05) is 20.8 Å². The molecule has 3 unspecified atom stereocenters. The fraction of sp³-hybridized carbons (Fsp3) is 0.941. The van der Waals surface area contributed by atoms with Gasteiger partial charge in [0.1, 0.15) is 0 Å². The van der Waals surface area contributed by atoms with Crippen molar-refractivity contribution < 1.29 is 9.53 Å². The average molecular weight is 331 g/mol. The maximum atomic E-state index is 12.9. The van der Waals surface area contributed by atoms with Gasteiger partial charge in [-0.15, -0.1) is 12.4 Å². The predicted octanol–water partition coefficient (Wildman–Crippen LogP) is 2.59. The first kappa shape index (κ1) is 18.0. The van der Waals surface area contributed by atoms with Crippen LogP contribution in [-0.2, 0) is 9.53 Å². The molecular weight excluding hydrogens is 300 g/mol. The van der Waals surface area contributed by atoms with Crippen LogP contribution in [0.2, 0.25) is 0 Å². The normalized spacial score (nSPS) is 35.8. The van der Waals surface area contributed by atoms with Crippen LogP contribution in [0.3, 0.4) is 0 Å². The minimum Gasteiger partial charge on any atom is -0.381 e. The summed E-state index contributed by atoms with van der Waals surface area (Å²) in [5.41, 5.74) is 6.95. The summed E-state index contributed by atoms with van der Waals surface area (Å²) in [7, 11) is 0. The number of rotatable bonds is 2. The Kier molecular flexibility index (Phi) is 5.15. The van der Waals surface area contributed by atoms with Crippen molar-refractivity contribution in [3.8, 4) is 0 Å². The number of hydrogen-bond acceptors (Lipinski definition) is 3. The van der Waals surface area contributed by atoms with E-state index in [1.165, 1.54) is 6.42 Å². The first-order valence-electron chi connectivity index (χ1n) is 8.44. The number of fused-ring (bicyclic) bond motifs is 2. The first-order valence-corrected chi connectivity index (χ1v) is 8.44. The Balaban J connectivity index is 0.00000176. The highest BCUT2D eigenvalue weighted by Gasteiger charge is 2.51. The molecule has 0 spiro atoms. The lowest BCUT2D eigenvalue weighted by molar-refractivity contribution is -0.135. The first-order chi connectivity index (χ1) is 9.80. The molecule has 2 heterocycles. The third kappa shape index (κ3) is 3.44. The molecule has 1 saturated carbocycles. The zero-order valence-electron chi connectivity index (χ0n) is 14.1. The van der Waals surface area contributed by atoms with Gasteiger partial charge in [0.05, 0.1) is 6.04 Å². The van der Waals surface area contributed by atoms with Crippen LogP contribution in [0.5, 0.6) is 0 Å². The molecule has 3 fully saturated rings. The Morgan fingerprint density at radius 2 is 1.86 bits per heavy atom. The standard InChI is InChI=1S/C17H30N2O2.ClH/c1-16(2)8-13-9-17(3,10-16)11-19(13)15(20)14(18)12-4-6-21-7-5-12;/h12-14H,4-11,18H2,1-3H3;1H.